The van der Waals surface area contributed by atoms with Crippen molar-refractivity contribution in [3.63, 3.8) is 0 Å². The van der Waals surface area contributed by atoms with Gasteiger partial charge in [0, 0.05) is 18.7 Å². The number of rotatable bonds is 6. The van der Waals surface area contributed by atoms with Crippen LogP contribution in [0.4, 0.5) is 0 Å². The Kier molecular flexibility index (Phi) is 5.97. The molecule has 3 aromatic rings. The molecule has 2 aromatic carbocycles. The highest BCUT2D eigenvalue weighted by Gasteiger charge is 2.17. The summed E-state index contributed by atoms with van der Waals surface area (Å²) in [7, 11) is -3.27. The molecule has 0 spiro atoms. The van der Waals surface area contributed by atoms with Crippen LogP contribution in [0.25, 0.3) is 10.2 Å². The maximum Gasteiger partial charge on any atom is 0.252 e. The largest absolute Gasteiger partial charge is 0.486 e. The average molecular weight is 459 g/mol. The normalized spacial score (nSPS) is 14.0. The number of aromatic nitrogens is 1. The summed E-state index contributed by atoms with van der Waals surface area (Å²) in [6.07, 6.45) is 1.83. The van der Waals surface area contributed by atoms with Crippen molar-refractivity contribution in [1.82, 2.24) is 4.57 Å². The van der Waals surface area contributed by atoms with Gasteiger partial charge in [0.1, 0.15) is 13.2 Å². The molecule has 0 saturated heterocycles. The van der Waals surface area contributed by atoms with E-state index >= 15 is 0 Å². The minimum atomic E-state index is -3.27. The summed E-state index contributed by atoms with van der Waals surface area (Å²) < 4.78 is 38.1. The van der Waals surface area contributed by atoms with E-state index < -0.39 is 9.84 Å². The van der Waals surface area contributed by atoms with Crippen molar-refractivity contribution >= 4 is 37.3 Å². The Hall–Kier alpha value is -2.91. The van der Waals surface area contributed by atoms with Crippen LogP contribution in [0.2, 0.25) is 0 Å². The number of ether oxygens (including phenoxy) is 2. The van der Waals surface area contributed by atoms with E-state index in [2.05, 4.69) is 11.6 Å². The zero-order valence-corrected chi connectivity index (χ0v) is 18.7. The first-order chi connectivity index (χ1) is 14.9. The molecule has 4 rings (SSSR count). The third kappa shape index (κ3) is 4.42. The van der Waals surface area contributed by atoms with E-state index in [1.807, 2.05) is 16.7 Å². The van der Waals surface area contributed by atoms with Gasteiger partial charge in [-0.05, 0) is 17.7 Å². The first-order valence-electron chi connectivity index (χ1n) is 9.84. The number of allylic oxidation sites excluding steroid dienone is 1. The van der Waals surface area contributed by atoms with Gasteiger partial charge in [0.2, 0.25) is 0 Å². The van der Waals surface area contributed by atoms with Gasteiger partial charge in [0.15, 0.2) is 26.1 Å². The molecule has 0 bridgehead atoms. The summed E-state index contributed by atoms with van der Waals surface area (Å²) in [6.45, 7) is 6.90. The number of fused-ring (bicyclic) bond motifs is 2. The second-order valence-electron chi connectivity index (χ2n) is 6.98. The lowest BCUT2D eigenvalue weighted by Gasteiger charge is -2.18. The molecule has 9 heteroatoms. The fourth-order valence-corrected chi connectivity index (χ4v) is 5.25. The molecule has 0 saturated carbocycles. The summed E-state index contributed by atoms with van der Waals surface area (Å²) in [5, 5.41) is 0. The minimum absolute atomic E-state index is 0.0371. The lowest BCUT2D eigenvalue weighted by Crippen LogP contribution is -2.17. The highest BCUT2D eigenvalue weighted by molar-refractivity contribution is 7.91. The Morgan fingerprint density at radius 3 is 2.52 bits per heavy atom. The van der Waals surface area contributed by atoms with Crippen LogP contribution in [-0.4, -0.2) is 37.9 Å². The van der Waals surface area contributed by atoms with Crippen molar-refractivity contribution in [3.8, 4) is 11.5 Å². The van der Waals surface area contributed by atoms with Gasteiger partial charge < -0.3 is 14.0 Å². The van der Waals surface area contributed by atoms with Crippen molar-refractivity contribution < 1.29 is 22.7 Å². The SMILES string of the molecule is C=CCn1c(=NC(=O)Cc2ccc(S(=O)(=O)CC)cc2)sc2cc3c(cc21)OCCO3. The second kappa shape index (κ2) is 8.68. The highest BCUT2D eigenvalue weighted by Crippen LogP contribution is 2.35. The molecule has 0 radical (unpaired) electrons. The quantitative estimate of drug-likeness (QED) is 0.530. The zero-order chi connectivity index (χ0) is 22.0. The van der Waals surface area contributed by atoms with E-state index in [1.165, 1.54) is 23.5 Å². The topological polar surface area (TPSA) is 87.0 Å². The second-order valence-corrected chi connectivity index (χ2v) is 10.3. The molecule has 0 aliphatic carbocycles. The van der Waals surface area contributed by atoms with Crippen LogP contribution in [0, 0.1) is 0 Å². The van der Waals surface area contributed by atoms with Crippen molar-refractivity contribution in [2.45, 2.75) is 24.8 Å². The average Bonchev–Trinajstić information content (AvgIpc) is 3.08. The Morgan fingerprint density at radius 2 is 1.87 bits per heavy atom. The molecule has 1 aliphatic rings. The third-order valence-electron chi connectivity index (χ3n) is 4.90. The van der Waals surface area contributed by atoms with Crippen molar-refractivity contribution in [1.29, 1.82) is 0 Å². The molecule has 1 amide bonds. The van der Waals surface area contributed by atoms with E-state index in [-0.39, 0.29) is 23.0 Å². The van der Waals surface area contributed by atoms with Crippen LogP contribution < -0.4 is 14.3 Å². The molecule has 0 atom stereocenters. The van der Waals surface area contributed by atoms with Gasteiger partial charge in [-0.15, -0.1) is 6.58 Å². The summed E-state index contributed by atoms with van der Waals surface area (Å²) in [5.41, 5.74) is 1.60. The van der Waals surface area contributed by atoms with Gasteiger partial charge >= 0.3 is 0 Å². The van der Waals surface area contributed by atoms with E-state index in [4.69, 9.17) is 9.47 Å². The summed E-state index contributed by atoms with van der Waals surface area (Å²) in [6, 6.07) is 10.2. The monoisotopic (exact) mass is 458 g/mol. The van der Waals surface area contributed by atoms with Crippen molar-refractivity contribution in [2.75, 3.05) is 19.0 Å². The van der Waals surface area contributed by atoms with Gasteiger partial charge in [-0.2, -0.15) is 4.99 Å². The van der Waals surface area contributed by atoms with Gasteiger partial charge in [-0.25, -0.2) is 8.42 Å². The zero-order valence-electron chi connectivity index (χ0n) is 17.0. The van der Waals surface area contributed by atoms with Gasteiger partial charge in [-0.3, -0.25) is 4.79 Å². The van der Waals surface area contributed by atoms with E-state index in [9.17, 15) is 13.2 Å². The summed E-state index contributed by atoms with van der Waals surface area (Å²) in [5.74, 6) is 1.09. The highest BCUT2D eigenvalue weighted by atomic mass is 32.2. The minimum Gasteiger partial charge on any atom is -0.486 e. The fraction of sp³-hybridized carbons (Fsp3) is 0.273. The van der Waals surface area contributed by atoms with Gasteiger partial charge in [-0.1, -0.05) is 36.5 Å². The number of thiazole rings is 1. The first kappa shape index (κ1) is 21.3. The van der Waals surface area contributed by atoms with E-state index in [1.54, 1.807) is 25.1 Å². The van der Waals surface area contributed by atoms with Gasteiger partial charge in [0.05, 0.1) is 27.3 Å². The van der Waals surface area contributed by atoms with Crippen molar-refractivity contribution in [3.05, 3.63) is 59.4 Å². The molecule has 31 heavy (non-hydrogen) atoms. The molecule has 0 N–H and O–H groups in total. The summed E-state index contributed by atoms with van der Waals surface area (Å²) in [4.78, 5) is 17.8. The van der Waals surface area contributed by atoms with Gasteiger partial charge in [0.25, 0.3) is 5.91 Å². The Labute approximate surface area is 184 Å². The molecule has 0 fully saturated rings. The number of nitrogens with zero attached hydrogens (tertiary/aromatic N) is 2. The molecular formula is C22H22N2O5S2. The van der Waals surface area contributed by atoms with Crippen LogP contribution in [0.15, 0.2) is 58.9 Å². The standard InChI is InChI=1S/C22H22N2O5S2/c1-3-9-24-17-13-18-19(29-11-10-28-18)14-20(17)30-22(24)23-21(25)12-15-5-7-16(8-6-15)31(26,27)4-2/h3,5-8,13-14H,1,4,9-12H2,2H3. The molecule has 7 nitrogen and oxygen atoms in total. The molecular weight excluding hydrogens is 436 g/mol. The number of hydrogen-bond acceptors (Lipinski definition) is 6. The lowest BCUT2D eigenvalue weighted by atomic mass is 10.1. The number of amides is 1. The lowest BCUT2D eigenvalue weighted by molar-refractivity contribution is -0.117. The van der Waals surface area contributed by atoms with Crippen LogP contribution in [0.3, 0.4) is 0 Å². The number of hydrogen-bond donors (Lipinski definition) is 0. The van der Waals surface area contributed by atoms with E-state index in [0.29, 0.717) is 41.6 Å². The number of carbonyl (C=O) groups excluding carboxylic acids is 1. The van der Waals surface area contributed by atoms with Crippen LogP contribution in [0.5, 0.6) is 11.5 Å². The third-order valence-corrected chi connectivity index (χ3v) is 7.69. The van der Waals surface area contributed by atoms with Crippen LogP contribution in [0.1, 0.15) is 12.5 Å². The molecule has 1 aliphatic heterocycles. The Morgan fingerprint density at radius 1 is 1.19 bits per heavy atom. The Balaban J connectivity index is 1.65. The maximum absolute atomic E-state index is 12.6. The van der Waals surface area contributed by atoms with Crippen molar-refractivity contribution in [2.24, 2.45) is 4.99 Å². The molecule has 1 aromatic heterocycles. The van der Waals surface area contributed by atoms with Crippen LogP contribution >= 0.6 is 11.3 Å². The smallest absolute Gasteiger partial charge is 0.252 e. The first-order valence-corrected chi connectivity index (χ1v) is 12.3. The molecule has 2 heterocycles. The number of benzene rings is 2. The van der Waals surface area contributed by atoms with E-state index in [0.717, 1.165) is 10.2 Å². The Bertz CT molecular complexity index is 1320. The molecule has 0 unspecified atom stereocenters. The predicted molar refractivity (Wildman–Crippen MR) is 119 cm³/mol. The predicted octanol–water partition coefficient (Wildman–Crippen LogP) is 3.12. The number of sulfone groups is 1. The van der Waals surface area contributed by atoms with Crippen LogP contribution in [-0.2, 0) is 27.6 Å². The fourth-order valence-electron chi connectivity index (χ4n) is 3.30. The molecule has 162 valence electrons. The number of carbonyl (C=O) groups is 1. The maximum atomic E-state index is 12.6. The summed E-state index contributed by atoms with van der Waals surface area (Å²) >= 11 is 1.40.